The van der Waals surface area contributed by atoms with Crippen molar-refractivity contribution in [3.05, 3.63) is 23.3 Å². The summed E-state index contributed by atoms with van der Waals surface area (Å²) in [7, 11) is 0. The topological polar surface area (TPSA) is 59.1 Å². The standard InChI is InChI=1S/C21H30N2O4/c1-15-13-16(21(2,3)4)14-17(26-19(24)22-9-5-6-10-22)18(15)27-20(25)23-11-7-8-12-23/h13-14H,5-12H2,1-4H3. The van der Waals surface area contributed by atoms with Crippen LogP contribution in [0.15, 0.2) is 12.1 Å². The molecule has 0 aliphatic carbocycles. The Morgan fingerprint density at radius 2 is 1.33 bits per heavy atom. The van der Waals surface area contributed by atoms with Crippen molar-refractivity contribution in [2.75, 3.05) is 26.2 Å². The molecule has 2 fully saturated rings. The molecule has 0 radical (unpaired) electrons. The van der Waals surface area contributed by atoms with Crippen LogP contribution in [-0.4, -0.2) is 48.2 Å². The molecular weight excluding hydrogens is 344 g/mol. The number of hydrogen-bond donors (Lipinski definition) is 0. The maximum Gasteiger partial charge on any atom is 0.415 e. The first-order valence-electron chi connectivity index (χ1n) is 9.84. The highest BCUT2D eigenvalue weighted by molar-refractivity contribution is 5.76. The third-order valence-electron chi connectivity index (χ3n) is 5.22. The van der Waals surface area contributed by atoms with Gasteiger partial charge >= 0.3 is 12.2 Å². The van der Waals surface area contributed by atoms with Crippen molar-refractivity contribution in [3.63, 3.8) is 0 Å². The lowest BCUT2D eigenvalue weighted by Gasteiger charge is -2.24. The van der Waals surface area contributed by atoms with Gasteiger partial charge in [-0.1, -0.05) is 26.8 Å². The highest BCUT2D eigenvalue weighted by Gasteiger charge is 2.27. The van der Waals surface area contributed by atoms with Gasteiger partial charge in [0.2, 0.25) is 0 Å². The molecule has 2 aliphatic heterocycles. The molecule has 6 heteroatoms. The average molecular weight is 374 g/mol. The molecule has 2 amide bonds. The average Bonchev–Trinajstić information content (AvgIpc) is 3.30. The molecule has 2 saturated heterocycles. The van der Waals surface area contributed by atoms with E-state index in [4.69, 9.17) is 9.47 Å². The number of carbonyl (C=O) groups is 2. The van der Waals surface area contributed by atoms with E-state index in [-0.39, 0.29) is 17.6 Å². The summed E-state index contributed by atoms with van der Waals surface area (Å²) >= 11 is 0. The van der Waals surface area contributed by atoms with Crippen LogP contribution in [0.1, 0.15) is 57.6 Å². The summed E-state index contributed by atoms with van der Waals surface area (Å²) < 4.78 is 11.4. The van der Waals surface area contributed by atoms with Crippen LogP contribution >= 0.6 is 0 Å². The first-order valence-corrected chi connectivity index (χ1v) is 9.84. The smallest absolute Gasteiger partial charge is 0.406 e. The molecule has 3 rings (SSSR count). The lowest BCUT2D eigenvalue weighted by atomic mass is 9.86. The van der Waals surface area contributed by atoms with Crippen LogP contribution in [0.4, 0.5) is 9.59 Å². The van der Waals surface area contributed by atoms with Gasteiger partial charge in [-0.3, -0.25) is 0 Å². The van der Waals surface area contributed by atoms with Gasteiger partial charge in [0.1, 0.15) is 0 Å². The van der Waals surface area contributed by atoms with Gasteiger partial charge in [0, 0.05) is 26.2 Å². The molecule has 1 aromatic rings. The van der Waals surface area contributed by atoms with Gasteiger partial charge in [-0.25, -0.2) is 9.59 Å². The second-order valence-corrected chi connectivity index (χ2v) is 8.49. The summed E-state index contributed by atoms with van der Waals surface area (Å²) in [5.74, 6) is 0.664. The van der Waals surface area contributed by atoms with Gasteiger partial charge in [-0.15, -0.1) is 0 Å². The number of hydrogen-bond acceptors (Lipinski definition) is 4. The van der Waals surface area contributed by atoms with Crippen molar-refractivity contribution in [2.24, 2.45) is 0 Å². The van der Waals surface area contributed by atoms with Crippen LogP contribution in [0.25, 0.3) is 0 Å². The number of likely N-dealkylation sites (tertiary alicyclic amines) is 2. The molecule has 0 N–H and O–H groups in total. The van der Waals surface area contributed by atoms with Gasteiger partial charge in [0.15, 0.2) is 11.5 Å². The molecule has 27 heavy (non-hydrogen) atoms. The summed E-state index contributed by atoms with van der Waals surface area (Å²) in [6, 6.07) is 3.83. The summed E-state index contributed by atoms with van der Waals surface area (Å²) in [5, 5.41) is 0. The molecule has 1 aromatic carbocycles. The van der Waals surface area contributed by atoms with Crippen LogP contribution in [0, 0.1) is 6.92 Å². The van der Waals surface area contributed by atoms with Crippen molar-refractivity contribution in [1.29, 1.82) is 0 Å². The monoisotopic (exact) mass is 374 g/mol. The van der Waals surface area contributed by atoms with Gasteiger partial charge in [-0.2, -0.15) is 0 Å². The highest BCUT2D eigenvalue weighted by atomic mass is 16.6. The number of carbonyl (C=O) groups excluding carboxylic acids is 2. The molecular formula is C21H30N2O4. The Balaban J connectivity index is 1.89. The number of rotatable bonds is 2. The Bertz CT molecular complexity index is 712. The van der Waals surface area contributed by atoms with Gasteiger partial charge < -0.3 is 19.3 Å². The largest absolute Gasteiger partial charge is 0.415 e. The Hall–Kier alpha value is -2.24. The van der Waals surface area contributed by atoms with Crippen molar-refractivity contribution in [1.82, 2.24) is 9.80 Å². The minimum absolute atomic E-state index is 0.114. The minimum atomic E-state index is -0.378. The van der Waals surface area contributed by atoms with E-state index in [1.54, 1.807) is 9.80 Å². The van der Waals surface area contributed by atoms with Crippen LogP contribution < -0.4 is 9.47 Å². The molecule has 0 bridgehead atoms. The zero-order chi connectivity index (χ0) is 19.6. The van der Waals surface area contributed by atoms with Gasteiger partial charge in [0.05, 0.1) is 0 Å². The van der Waals surface area contributed by atoms with E-state index in [1.165, 1.54) is 0 Å². The molecule has 0 unspecified atom stereocenters. The Morgan fingerprint density at radius 1 is 0.852 bits per heavy atom. The fourth-order valence-corrected chi connectivity index (χ4v) is 3.49. The van der Waals surface area contributed by atoms with Crippen LogP contribution in [0.2, 0.25) is 0 Å². The first-order chi connectivity index (χ1) is 12.8. The Kier molecular flexibility index (Phi) is 5.63. The summed E-state index contributed by atoms with van der Waals surface area (Å²) in [6.07, 6.45) is 3.22. The molecule has 0 atom stereocenters. The highest BCUT2D eigenvalue weighted by Crippen LogP contribution is 2.37. The van der Waals surface area contributed by atoms with Crippen molar-refractivity contribution in [2.45, 2.75) is 58.8 Å². The third kappa shape index (κ3) is 4.54. The SMILES string of the molecule is Cc1cc(C(C)(C)C)cc(OC(=O)N2CCCC2)c1OC(=O)N1CCCC1. The quantitative estimate of drug-likeness (QED) is 0.766. The van der Waals surface area contributed by atoms with E-state index in [9.17, 15) is 9.59 Å². The molecule has 0 spiro atoms. The van der Waals surface area contributed by atoms with Gasteiger partial charge in [-0.05, 0) is 55.2 Å². The van der Waals surface area contributed by atoms with E-state index < -0.39 is 0 Å². The molecule has 2 aliphatic rings. The summed E-state index contributed by atoms with van der Waals surface area (Å²) in [5.41, 5.74) is 1.71. The zero-order valence-electron chi connectivity index (χ0n) is 16.8. The molecule has 148 valence electrons. The molecule has 6 nitrogen and oxygen atoms in total. The molecule has 0 saturated carbocycles. The van der Waals surface area contributed by atoms with Crippen molar-refractivity contribution < 1.29 is 19.1 Å². The maximum atomic E-state index is 12.5. The molecule has 2 heterocycles. The fourth-order valence-electron chi connectivity index (χ4n) is 3.49. The maximum absolute atomic E-state index is 12.5. The van der Waals surface area contributed by atoms with E-state index in [2.05, 4.69) is 20.8 Å². The van der Waals surface area contributed by atoms with Crippen LogP contribution in [0.5, 0.6) is 11.5 Å². The number of benzene rings is 1. The Morgan fingerprint density at radius 3 is 1.81 bits per heavy atom. The number of ether oxygens (including phenoxy) is 2. The van der Waals surface area contributed by atoms with E-state index >= 15 is 0 Å². The first kappa shape index (κ1) is 19.5. The van der Waals surface area contributed by atoms with Crippen LogP contribution in [0.3, 0.4) is 0 Å². The predicted octanol–water partition coefficient (Wildman–Crippen LogP) is 4.48. The van der Waals surface area contributed by atoms with Crippen molar-refractivity contribution >= 4 is 12.2 Å². The van der Waals surface area contributed by atoms with E-state index in [0.717, 1.165) is 36.8 Å². The lowest BCUT2D eigenvalue weighted by Crippen LogP contribution is -2.32. The predicted molar refractivity (Wildman–Crippen MR) is 104 cm³/mol. The van der Waals surface area contributed by atoms with Crippen molar-refractivity contribution in [3.8, 4) is 11.5 Å². The zero-order valence-corrected chi connectivity index (χ0v) is 16.8. The second kappa shape index (κ2) is 7.79. The third-order valence-corrected chi connectivity index (χ3v) is 5.22. The van der Waals surface area contributed by atoms with Crippen LogP contribution in [-0.2, 0) is 5.41 Å². The summed E-state index contributed by atoms with van der Waals surface area (Å²) in [6.45, 7) is 11.0. The van der Waals surface area contributed by atoms with E-state index in [1.807, 2.05) is 19.1 Å². The number of amides is 2. The minimum Gasteiger partial charge on any atom is -0.406 e. The fraction of sp³-hybridized carbons (Fsp3) is 0.619. The summed E-state index contributed by atoms with van der Waals surface area (Å²) in [4.78, 5) is 28.4. The molecule has 0 aromatic heterocycles. The lowest BCUT2D eigenvalue weighted by molar-refractivity contribution is 0.151. The van der Waals surface area contributed by atoms with Gasteiger partial charge in [0.25, 0.3) is 0 Å². The second-order valence-electron chi connectivity index (χ2n) is 8.49. The number of aryl methyl sites for hydroxylation is 1. The van der Waals surface area contributed by atoms with E-state index in [0.29, 0.717) is 37.7 Å². The Labute approximate surface area is 161 Å². The number of nitrogens with zero attached hydrogens (tertiary/aromatic N) is 2. The normalized spacial score (nSPS) is 17.3.